The van der Waals surface area contributed by atoms with Crippen LogP contribution in [0.5, 0.6) is 0 Å². The zero-order chi connectivity index (χ0) is 10.6. The van der Waals surface area contributed by atoms with Gasteiger partial charge in [0.2, 0.25) is 0 Å². The summed E-state index contributed by atoms with van der Waals surface area (Å²) in [6, 6.07) is 6.76. The summed E-state index contributed by atoms with van der Waals surface area (Å²) in [5, 5.41) is 3.51. The predicted molar refractivity (Wildman–Crippen MR) is 69.8 cm³/mol. The number of benzene rings is 1. The van der Waals surface area contributed by atoms with E-state index >= 15 is 0 Å². The van der Waals surface area contributed by atoms with E-state index in [1.807, 2.05) is 0 Å². The fourth-order valence-electron chi connectivity index (χ4n) is 1.32. The van der Waals surface area contributed by atoms with Gasteiger partial charge < -0.3 is 5.32 Å². The van der Waals surface area contributed by atoms with E-state index in [1.54, 1.807) is 0 Å². The zero-order valence-electron chi connectivity index (χ0n) is 8.48. The normalized spacial score (nSPS) is 10.6. The Balaban J connectivity index is 2.76. The van der Waals surface area contributed by atoms with Gasteiger partial charge >= 0.3 is 0 Å². The Kier molecular flexibility index (Phi) is 4.96. The van der Waals surface area contributed by atoms with Crippen LogP contribution < -0.4 is 5.32 Å². The van der Waals surface area contributed by atoms with Crippen molar-refractivity contribution in [1.29, 1.82) is 0 Å². The van der Waals surface area contributed by atoms with Crippen LogP contribution in [0.2, 0.25) is 0 Å². The first-order valence-corrected chi connectivity index (χ1v) is 6.47. The molecule has 1 nitrogen and oxygen atoms in total. The Labute approximate surface area is 103 Å². The first-order chi connectivity index (χ1) is 6.67. The quantitative estimate of drug-likeness (QED) is 0.839. The number of hydrogen-bond acceptors (Lipinski definition) is 1. The smallest absolute Gasteiger partial charge is 0.0487 e. The molecule has 1 N–H and O–H groups in total. The summed E-state index contributed by atoms with van der Waals surface area (Å²) in [6.45, 7) is 4.40. The minimum atomic E-state index is 0.562. The Hall–Kier alpha value is -0.0200. The van der Waals surface area contributed by atoms with Crippen LogP contribution in [0.1, 0.15) is 26.7 Å². The second-order valence-electron chi connectivity index (χ2n) is 3.28. The van der Waals surface area contributed by atoms with Crippen LogP contribution in [-0.2, 0) is 0 Å². The van der Waals surface area contributed by atoms with E-state index in [-0.39, 0.29) is 0 Å². The van der Waals surface area contributed by atoms with E-state index in [1.165, 1.54) is 5.69 Å². The van der Waals surface area contributed by atoms with Crippen LogP contribution in [0.15, 0.2) is 27.1 Å². The molecule has 0 aliphatic carbocycles. The summed E-state index contributed by atoms with van der Waals surface area (Å²) in [5.41, 5.74) is 1.17. The van der Waals surface area contributed by atoms with Crippen molar-refractivity contribution in [3.63, 3.8) is 0 Å². The van der Waals surface area contributed by atoms with Gasteiger partial charge in [-0.25, -0.2) is 0 Å². The molecule has 3 heteroatoms. The maximum Gasteiger partial charge on any atom is 0.0487 e. The van der Waals surface area contributed by atoms with Gasteiger partial charge in [-0.15, -0.1) is 0 Å². The molecular formula is C11H15Br2N. The second kappa shape index (κ2) is 5.76. The van der Waals surface area contributed by atoms with Gasteiger partial charge in [0, 0.05) is 20.7 Å². The second-order valence-corrected chi connectivity index (χ2v) is 5.05. The van der Waals surface area contributed by atoms with Crippen molar-refractivity contribution >= 4 is 37.5 Å². The molecule has 1 aromatic carbocycles. The molecule has 0 amide bonds. The van der Waals surface area contributed by atoms with Crippen molar-refractivity contribution in [2.24, 2.45) is 0 Å². The molecule has 0 aromatic heterocycles. The molecule has 0 unspecified atom stereocenters. The Morgan fingerprint density at radius 2 is 1.86 bits per heavy atom. The summed E-state index contributed by atoms with van der Waals surface area (Å²) >= 11 is 6.98. The fraction of sp³-hybridized carbons (Fsp3) is 0.455. The first-order valence-electron chi connectivity index (χ1n) is 4.89. The van der Waals surface area contributed by atoms with E-state index in [0.29, 0.717) is 6.04 Å². The molecular weight excluding hydrogens is 306 g/mol. The van der Waals surface area contributed by atoms with Gasteiger partial charge in [-0.3, -0.25) is 0 Å². The molecule has 0 radical (unpaired) electrons. The Morgan fingerprint density at radius 3 is 2.36 bits per heavy atom. The lowest BCUT2D eigenvalue weighted by Crippen LogP contribution is -2.17. The van der Waals surface area contributed by atoms with Crippen LogP contribution in [-0.4, -0.2) is 6.04 Å². The van der Waals surface area contributed by atoms with Crippen LogP contribution in [0.3, 0.4) is 0 Å². The number of rotatable bonds is 4. The Morgan fingerprint density at radius 1 is 1.21 bits per heavy atom. The molecule has 0 saturated heterocycles. The van der Waals surface area contributed by atoms with Gasteiger partial charge in [0.15, 0.2) is 0 Å². The van der Waals surface area contributed by atoms with Gasteiger partial charge in [0.25, 0.3) is 0 Å². The van der Waals surface area contributed by atoms with Crippen molar-refractivity contribution < 1.29 is 0 Å². The summed E-state index contributed by atoms with van der Waals surface area (Å²) in [5.74, 6) is 0. The maximum atomic E-state index is 3.54. The molecule has 0 saturated carbocycles. The Bertz CT molecular complexity index is 295. The minimum Gasteiger partial charge on any atom is -0.381 e. The largest absolute Gasteiger partial charge is 0.381 e. The average molecular weight is 321 g/mol. The van der Waals surface area contributed by atoms with Gasteiger partial charge in [0.05, 0.1) is 0 Å². The van der Waals surface area contributed by atoms with E-state index in [9.17, 15) is 0 Å². The molecule has 0 atom stereocenters. The van der Waals surface area contributed by atoms with Crippen molar-refractivity contribution in [2.75, 3.05) is 5.32 Å². The van der Waals surface area contributed by atoms with Gasteiger partial charge in [-0.05, 0) is 47.0 Å². The molecule has 0 bridgehead atoms. The SMILES string of the molecule is CCC(CC)Nc1ccc(Br)cc1Br. The molecule has 0 spiro atoms. The van der Waals surface area contributed by atoms with E-state index in [2.05, 4.69) is 69.2 Å². The highest BCUT2D eigenvalue weighted by molar-refractivity contribution is 9.11. The van der Waals surface area contributed by atoms with Gasteiger partial charge in [-0.1, -0.05) is 29.8 Å². The lowest BCUT2D eigenvalue weighted by Gasteiger charge is -2.17. The standard InChI is InChI=1S/C11H15Br2N/c1-3-9(4-2)14-11-6-5-8(12)7-10(11)13/h5-7,9,14H,3-4H2,1-2H3. The zero-order valence-corrected chi connectivity index (χ0v) is 11.7. The third-order valence-electron chi connectivity index (χ3n) is 2.28. The van der Waals surface area contributed by atoms with Crippen molar-refractivity contribution in [3.05, 3.63) is 27.1 Å². The third-order valence-corrected chi connectivity index (χ3v) is 3.43. The van der Waals surface area contributed by atoms with E-state index in [0.717, 1.165) is 21.8 Å². The lowest BCUT2D eigenvalue weighted by molar-refractivity contribution is 0.671. The van der Waals surface area contributed by atoms with Crippen LogP contribution >= 0.6 is 31.9 Å². The third kappa shape index (κ3) is 3.28. The lowest BCUT2D eigenvalue weighted by atomic mass is 10.1. The van der Waals surface area contributed by atoms with Crippen LogP contribution in [0.25, 0.3) is 0 Å². The number of hydrogen-bond donors (Lipinski definition) is 1. The number of anilines is 1. The van der Waals surface area contributed by atoms with E-state index < -0.39 is 0 Å². The first kappa shape index (κ1) is 12.1. The van der Waals surface area contributed by atoms with Crippen molar-refractivity contribution in [2.45, 2.75) is 32.7 Å². The molecule has 1 aromatic rings. The van der Waals surface area contributed by atoms with Crippen LogP contribution in [0, 0.1) is 0 Å². The number of halogens is 2. The monoisotopic (exact) mass is 319 g/mol. The molecule has 1 rings (SSSR count). The highest BCUT2D eigenvalue weighted by atomic mass is 79.9. The molecule has 0 heterocycles. The maximum absolute atomic E-state index is 3.54. The summed E-state index contributed by atoms with van der Waals surface area (Å²) in [7, 11) is 0. The molecule has 14 heavy (non-hydrogen) atoms. The van der Waals surface area contributed by atoms with Crippen molar-refractivity contribution in [3.8, 4) is 0 Å². The van der Waals surface area contributed by atoms with Gasteiger partial charge in [-0.2, -0.15) is 0 Å². The molecule has 78 valence electrons. The highest BCUT2D eigenvalue weighted by Crippen LogP contribution is 2.27. The fourth-order valence-corrected chi connectivity index (χ4v) is 2.48. The summed E-state index contributed by atoms with van der Waals surface area (Å²) in [6.07, 6.45) is 2.30. The van der Waals surface area contributed by atoms with E-state index in [4.69, 9.17) is 0 Å². The minimum absolute atomic E-state index is 0.562. The van der Waals surface area contributed by atoms with Crippen LogP contribution in [0.4, 0.5) is 5.69 Å². The average Bonchev–Trinajstić information content (AvgIpc) is 2.17. The molecule has 0 aliphatic heterocycles. The number of nitrogens with one attached hydrogen (secondary N) is 1. The topological polar surface area (TPSA) is 12.0 Å². The summed E-state index contributed by atoms with van der Waals surface area (Å²) in [4.78, 5) is 0. The molecule has 0 aliphatic rings. The summed E-state index contributed by atoms with van der Waals surface area (Å²) < 4.78 is 2.21. The predicted octanol–water partition coefficient (Wildman–Crippen LogP) is 4.81. The van der Waals surface area contributed by atoms with Gasteiger partial charge in [0.1, 0.15) is 0 Å². The molecule has 0 fully saturated rings. The highest BCUT2D eigenvalue weighted by Gasteiger charge is 2.05. The van der Waals surface area contributed by atoms with Crippen molar-refractivity contribution in [1.82, 2.24) is 0 Å².